The van der Waals surface area contributed by atoms with Crippen molar-refractivity contribution in [1.82, 2.24) is 9.97 Å². The minimum Gasteiger partial charge on any atom is -0.496 e. The van der Waals surface area contributed by atoms with Crippen LogP contribution in [0.5, 0.6) is 11.5 Å². The highest BCUT2D eigenvalue weighted by atomic mass is 16.5. The van der Waals surface area contributed by atoms with Crippen LogP contribution in [0.4, 0.5) is 5.69 Å². The first-order valence-electron chi connectivity index (χ1n) is 7.76. The molecule has 0 fully saturated rings. The number of aromatic nitrogens is 2. The van der Waals surface area contributed by atoms with Crippen LogP contribution in [-0.4, -0.2) is 30.1 Å². The summed E-state index contributed by atoms with van der Waals surface area (Å²) in [6.45, 7) is 1.95. The Morgan fingerprint density at radius 2 is 1.76 bits per heavy atom. The van der Waals surface area contributed by atoms with Gasteiger partial charge in [0.25, 0.3) is 5.91 Å². The lowest BCUT2D eigenvalue weighted by molar-refractivity contribution is 0.102. The third-order valence-electron chi connectivity index (χ3n) is 3.88. The van der Waals surface area contributed by atoms with Gasteiger partial charge in [0.1, 0.15) is 17.1 Å². The molecule has 0 aliphatic rings. The zero-order valence-electron chi connectivity index (χ0n) is 14.3. The Hall–Kier alpha value is -3.28. The maximum absolute atomic E-state index is 12.7. The highest BCUT2D eigenvalue weighted by Gasteiger charge is 2.18. The van der Waals surface area contributed by atoms with Gasteiger partial charge >= 0.3 is 0 Å². The van der Waals surface area contributed by atoms with E-state index in [4.69, 9.17) is 9.47 Å². The number of carbonyl (C=O) groups is 1. The third-order valence-corrected chi connectivity index (χ3v) is 3.88. The fourth-order valence-corrected chi connectivity index (χ4v) is 2.66. The number of imidazole rings is 1. The van der Waals surface area contributed by atoms with Gasteiger partial charge < -0.3 is 19.8 Å². The van der Waals surface area contributed by atoms with E-state index in [2.05, 4.69) is 15.3 Å². The van der Waals surface area contributed by atoms with Crippen LogP contribution in [0.3, 0.4) is 0 Å². The largest absolute Gasteiger partial charge is 0.496 e. The third kappa shape index (κ3) is 3.33. The second-order valence-electron chi connectivity index (χ2n) is 5.45. The summed E-state index contributed by atoms with van der Waals surface area (Å²) in [5, 5.41) is 2.89. The number of nitrogens with zero attached hydrogens (tertiary/aromatic N) is 1. The molecule has 6 nitrogen and oxygen atoms in total. The molecule has 0 bridgehead atoms. The molecule has 0 radical (unpaired) electrons. The number of hydrogen-bond donors (Lipinski definition) is 2. The number of ether oxygens (including phenoxy) is 2. The van der Waals surface area contributed by atoms with Crippen LogP contribution >= 0.6 is 0 Å². The minimum absolute atomic E-state index is 0.301. The van der Waals surface area contributed by atoms with Crippen LogP contribution < -0.4 is 14.8 Å². The van der Waals surface area contributed by atoms with Crippen molar-refractivity contribution in [3.05, 3.63) is 60.0 Å². The van der Waals surface area contributed by atoms with Crippen LogP contribution in [0.15, 0.2) is 48.8 Å². The summed E-state index contributed by atoms with van der Waals surface area (Å²) in [4.78, 5) is 20.1. The first-order valence-corrected chi connectivity index (χ1v) is 7.76. The molecule has 6 heteroatoms. The number of anilines is 1. The molecular weight excluding hydrogens is 318 g/mol. The van der Waals surface area contributed by atoms with Crippen LogP contribution in [0.2, 0.25) is 0 Å². The molecule has 0 aliphatic carbocycles. The zero-order chi connectivity index (χ0) is 17.8. The van der Waals surface area contributed by atoms with Gasteiger partial charge in [-0.15, -0.1) is 0 Å². The quantitative estimate of drug-likeness (QED) is 0.745. The average molecular weight is 337 g/mol. The molecule has 1 aromatic heterocycles. The Bertz CT molecular complexity index is 880. The predicted octanol–water partition coefficient (Wildman–Crippen LogP) is 3.65. The van der Waals surface area contributed by atoms with Crippen LogP contribution in [0.25, 0.3) is 11.3 Å². The fourth-order valence-electron chi connectivity index (χ4n) is 2.66. The zero-order valence-corrected chi connectivity index (χ0v) is 14.3. The number of hydrogen-bond acceptors (Lipinski definition) is 4. The molecule has 128 valence electrons. The molecule has 0 atom stereocenters. The Balaban J connectivity index is 1.91. The molecule has 1 heterocycles. The second kappa shape index (κ2) is 7.09. The number of aromatic amines is 1. The molecule has 0 saturated carbocycles. The maximum Gasteiger partial charge on any atom is 0.263 e. The highest BCUT2D eigenvalue weighted by Crippen LogP contribution is 2.30. The lowest BCUT2D eigenvalue weighted by atomic mass is 10.1. The first-order chi connectivity index (χ1) is 12.1. The van der Waals surface area contributed by atoms with Gasteiger partial charge in [0.15, 0.2) is 0 Å². The molecule has 1 amide bonds. The van der Waals surface area contributed by atoms with Crippen LogP contribution in [-0.2, 0) is 0 Å². The van der Waals surface area contributed by atoms with E-state index in [0.29, 0.717) is 22.7 Å². The number of carbonyl (C=O) groups excluding carboxylic acids is 1. The molecule has 0 unspecified atom stereocenters. The summed E-state index contributed by atoms with van der Waals surface area (Å²) in [5.74, 6) is 0.609. The van der Waals surface area contributed by atoms with Crippen molar-refractivity contribution >= 4 is 11.6 Å². The Morgan fingerprint density at radius 1 is 1.08 bits per heavy atom. The van der Waals surface area contributed by atoms with Crippen molar-refractivity contribution in [3.63, 3.8) is 0 Å². The van der Waals surface area contributed by atoms with E-state index in [9.17, 15) is 4.79 Å². The van der Waals surface area contributed by atoms with Gasteiger partial charge in [-0.3, -0.25) is 4.79 Å². The van der Waals surface area contributed by atoms with Crippen molar-refractivity contribution in [2.24, 2.45) is 0 Å². The smallest absolute Gasteiger partial charge is 0.263 e. The number of rotatable bonds is 5. The molecule has 0 spiro atoms. The van der Waals surface area contributed by atoms with Crippen LogP contribution in [0, 0.1) is 6.92 Å². The van der Waals surface area contributed by atoms with E-state index < -0.39 is 0 Å². The predicted molar refractivity (Wildman–Crippen MR) is 96.3 cm³/mol. The van der Waals surface area contributed by atoms with Crippen molar-refractivity contribution in [2.45, 2.75) is 6.92 Å². The summed E-state index contributed by atoms with van der Waals surface area (Å²) >= 11 is 0. The monoisotopic (exact) mass is 337 g/mol. The van der Waals surface area contributed by atoms with Crippen LogP contribution in [0.1, 0.15) is 16.1 Å². The number of benzene rings is 2. The van der Waals surface area contributed by atoms with E-state index in [0.717, 1.165) is 17.0 Å². The number of methoxy groups -OCH3 is 2. The van der Waals surface area contributed by atoms with Gasteiger partial charge in [-0.2, -0.15) is 0 Å². The Morgan fingerprint density at radius 3 is 2.36 bits per heavy atom. The molecule has 3 rings (SSSR count). The van der Waals surface area contributed by atoms with Gasteiger partial charge in [-0.25, -0.2) is 4.98 Å². The summed E-state index contributed by atoms with van der Waals surface area (Å²) < 4.78 is 10.6. The van der Waals surface area contributed by atoms with E-state index >= 15 is 0 Å². The molecule has 25 heavy (non-hydrogen) atoms. The number of amides is 1. The molecule has 2 aromatic carbocycles. The van der Waals surface area contributed by atoms with E-state index in [1.54, 1.807) is 24.5 Å². The minimum atomic E-state index is -0.301. The number of aryl methyl sites for hydroxylation is 1. The standard InChI is InChI=1S/C19H19N3O3/c1-12-18(21-11-20-12)13-6-4-7-14(10-13)22-19(23)17-15(24-2)8-5-9-16(17)25-3/h4-11H,1-3H3,(H,20,21)(H,22,23). The van der Waals surface area contributed by atoms with Crippen molar-refractivity contribution in [2.75, 3.05) is 19.5 Å². The van der Waals surface area contributed by atoms with Gasteiger partial charge in [0, 0.05) is 16.9 Å². The van der Waals surface area contributed by atoms with Crippen molar-refractivity contribution < 1.29 is 14.3 Å². The van der Waals surface area contributed by atoms with Gasteiger partial charge in [-0.05, 0) is 31.2 Å². The highest BCUT2D eigenvalue weighted by molar-refractivity contribution is 6.08. The molecule has 0 saturated heterocycles. The normalized spacial score (nSPS) is 10.4. The topological polar surface area (TPSA) is 76.2 Å². The summed E-state index contributed by atoms with van der Waals surface area (Å²) in [5.41, 5.74) is 3.76. The Labute approximate surface area is 145 Å². The summed E-state index contributed by atoms with van der Waals surface area (Å²) in [7, 11) is 3.04. The molecule has 2 N–H and O–H groups in total. The van der Waals surface area contributed by atoms with Gasteiger partial charge in [-0.1, -0.05) is 18.2 Å². The van der Waals surface area contributed by atoms with E-state index in [-0.39, 0.29) is 5.91 Å². The van der Waals surface area contributed by atoms with Gasteiger partial charge in [0.2, 0.25) is 0 Å². The first kappa shape index (κ1) is 16.6. The maximum atomic E-state index is 12.7. The second-order valence-corrected chi connectivity index (χ2v) is 5.45. The SMILES string of the molecule is COc1cccc(OC)c1C(=O)Nc1cccc(-c2nc[nH]c2C)c1. The molecule has 3 aromatic rings. The van der Waals surface area contributed by atoms with Gasteiger partial charge in [0.05, 0.1) is 26.2 Å². The number of H-pyrrole nitrogens is 1. The molecular formula is C19H19N3O3. The van der Waals surface area contributed by atoms with Crippen molar-refractivity contribution in [3.8, 4) is 22.8 Å². The van der Waals surface area contributed by atoms with E-state index in [1.165, 1.54) is 14.2 Å². The fraction of sp³-hybridized carbons (Fsp3) is 0.158. The summed E-state index contributed by atoms with van der Waals surface area (Å²) in [6.07, 6.45) is 1.65. The van der Waals surface area contributed by atoms with Crippen molar-refractivity contribution in [1.29, 1.82) is 0 Å². The lowest BCUT2D eigenvalue weighted by Gasteiger charge is -2.13. The Kier molecular flexibility index (Phi) is 4.70. The summed E-state index contributed by atoms with van der Waals surface area (Å²) in [6, 6.07) is 12.7. The van der Waals surface area contributed by atoms with E-state index in [1.807, 2.05) is 31.2 Å². The molecule has 0 aliphatic heterocycles. The lowest BCUT2D eigenvalue weighted by Crippen LogP contribution is -2.14. The number of nitrogens with one attached hydrogen (secondary N) is 2. The average Bonchev–Trinajstić information content (AvgIpc) is 3.07.